The Kier molecular flexibility index (Phi) is 4.63. The molecule has 3 aliphatic rings. The number of piperidine rings is 2. The summed E-state index contributed by atoms with van der Waals surface area (Å²) in [7, 11) is 1.59. The molecule has 1 saturated carbocycles. The van der Waals surface area contributed by atoms with Gasteiger partial charge in [-0.05, 0) is 32.1 Å². The zero-order chi connectivity index (χ0) is 18.1. The van der Waals surface area contributed by atoms with E-state index in [-0.39, 0.29) is 11.4 Å². The first kappa shape index (κ1) is 17.4. The second-order valence-electron chi connectivity index (χ2n) is 8.11. The van der Waals surface area contributed by atoms with Gasteiger partial charge < -0.3 is 20.3 Å². The minimum atomic E-state index is 0.168. The maximum atomic E-state index is 12.5. The highest BCUT2D eigenvalue weighted by molar-refractivity contribution is 5.77. The standard InChI is InChI=1S/C19H29N5O2/c1-26-16-11-15(21-18(20)22-16)23-10-4-8-19(12-23)9-7-17(25)24(13-19)14-5-2-3-6-14/h11,14H,2-10,12-13H2,1H3,(H2,20,21,22). The Morgan fingerprint density at radius 3 is 2.77 bits per heavy atom. The van der Waals surface area contributed by atoms with Gasteiger partial charge in [-0.15, -0.1) is 0 Å². The van der Waals surface area contributed by atoms with Crippen LogP contribution in [0.2, 0.25) is 0 Å². The van der Waals surface area contributed by atoms with E-state index in [0.29, 0.717) is 24.2 Å². The zero-order valence-electron chi connectivity index (χ0n) is 15.6. The fraction of sp³-hybridized carbons (Fsp3) is 0.737. The monoisotopic (exact) mass is 359 g/mol. The summed E-state index contributed by atoms with van der Waals surface area (Å²) < 4.78 is 5.25. The number of hydrogen-bond donors (Lipinski definition) is 1. The highest BCUT2D eigenvalue weighted by Gasteiger charge is 2.44. The Balaban J connectivity index is 1.54. The Bertz CT molecular complexity index is 676. The Hall–Kier alpha value is -2.05. The molecule has 2 N–H and O–H groups in total. The largest absolute Gasteiger partial charge is 0.481 e. The van der Waals surface area contributed by atoms with E-state index in [1.807, 2.05) is 6.07 Å². The number of amides is 1. The number of anilines is 2. The molecule has 1 amide bonds. The molecule has 1 atom stereocenters. The number of carbonyl (C=O) groups excluding carboxylic acids is 1. The fourth-order valence-electron chi connectivity index (χ4n) is 5.03. The molecule has 0 aromatic carbocycles. The van der Waals surface area contributed by atoms with Gasteiger partial charge in [-0.2, -0.15) is 9.97 Å². The van der Waals surface area contributed by atoms with Gasteiger partial charge in [-0.3, -0.25) is 4.79 Å². The number of ether oxygens (including phenoxy) is 1. The molecule has 7 nitrogen and oxygen atoms in total. The fourth-order valence-corrected chi connectivity index (χ4v) is 5.03. The van der Waals surface area contributed by atoms with Crippen molar-refractivity contribution in [2.75, 3.05) is 37.4 Å². The van der Waals surface area contributed by atoms with Crippen molar-refractivity contribution in [1.29, 1.82) is 0 Å². The highest BCUT2D eigenvalue weighted by atomic mass is 16.5. The summed E-state index contributed by atoms with van der Waals surface area (Å²) in [6.45, 7) is 2.77. The zero-order valence-corrected chi connectivity index (χ0v) is 15.6. The van der Waals surface area contributed by atoms with E-state index in [0.717, 1.165) is 38.3 Å². The lowest BCUT2D eigenvalue weighted by Gasteiger charge is -2.50. The normalized spacial score (nSPS) is 27.3. The topological polar surface area (TPSA) is 84.6 Å². The summed E-state index contributed by atoms with van der Waals surface area (Å²) in [5, 5.41) is 0. The molecule has 0 bridgehead atoms. The van der Waals surface area contributed by atoms with Gasteiger partial charge in [0, 0.05) is 43.6 Å². The SMILES string of the molecule is COc1cc(N2CCCC3(CCC(=O)N(C4CCCC4)C3)C2)nc(N)n1. The molecule has 2 aliphatic heterocycles. The van der Waals surface area contributed by atoms with Gasteiger partial charge in [0.05, 0.1) is 7.11 Å². The number of nitrogens with zero attached hydrogens (tertiary/aromatic N) is 4. The van der Waals surface area contributed by atoms with Crippen LogP contribution in [0.1, 0.15) is 51.4 Å². The lowest BCUT2D eigenvalue weighted by molar-refractivity contribution is -0.140. The van der Waals surface area contributed by atoms with Crippen molar-refractivity contribution in [3.05, 3.63) is 6.07 Å². The van der Waals surface area contributed by atoms with Crippen molar-refractivity contribution in [2.45, 2.75) is 57.4 Å². The number of nitrogen functional groups attached to an aromatic ring is 1. The summed E-state index contributed by atoms with van der Waals surface area (Å²) >= 11 is 0. The second-order valence-corrected chi connectivity index (χ2v) is 8.11. The number of rotatable bonds is 3. The van der Waals surface area contributed by atoms with Gasteiger partial charge in [0.15, 0.2) is 0 Å². The molecule has 0 radical (unpaired) electrons. The molecule has 3 fully saturated rings. The average molecular weight is 359 g/mol. The second kappa shape index (κ2) is 6.93. The predicted octanol–water partition coefficient (Wildman–Crippen LogP) is 2.22. The highest BCUT2D eigenvalue weighted by Crippen LogP contribution is 2.42. The van der Waals surface area contributed by atoms with Gasteiger partial charge in [0.1, 0.15) is 5.82 Å². The van der Waals surface area contributed by atoms with E-state index in [1.54, 1.807) is 7.11 Å². The molecule has 4 rings (SSSR count). The van der Waals surface area contributed by atoms with Crippen molar-refractivity contribution in [1.82, 2.24) is 14.9 Å². The summed E-state index contributed by atoms with van der Waals surface area (Å²) in [6.07, 6.45) is 8.80. The molecule has 7 heteroatoms. The quantitative estimate of drug-likeness (QED) is 0.891. The van der Waals surface area contributed by atoms with Gasteiger partial charge in [-0.1, -0.05) is 12.8 Å². The summed E-state index contributed by atoms with van der Waals surface area (Å²) in [4.78, 5) is 25.6. The number of likely N-dealkylation sites (tertiary alicyclic amines) is 1. The predicted molar refractivity (Wildman–Crippen MR) is 100 cm³/mol. The molecule has 1 aliphatic carbocycles. The van der Waals surface area contributed by atoms with Crippen molar-refractivity contribution in [2.24, 2.45) is 5.41 Å². The van der Waals surface area contributed by atoms with Crippen LogP contribution < -0.4 is 15.4 Å². The van der Waals surface area contributed by atoms with E-state index >= 15 is 0 Å². The van der Waals surface area contributed by atoms with Gasteiger partial charge in [-0.25, -0.2) is 0 Å². The van der Waals surface area contributed by atoms with Crippen molar-refractivity contribution >= 4 is 17.7 Å². The third-order valence-corrected chi connectivity index (χ3v) is 6.36. The van der Waals surface area contributed by atoms with Crippen LogP contribution in [0.4, 0.5) is 11.8 Å². The Morgan fingerprint density at radius 2 is 2.00 bits per heavy atom. The Labute approximate surface area is 154 Å². The molecule has 1 unspecified atom stereocenters. The van der Waals surface area contributed by atoms with Crippen LogP contribution in [0.15, 0.2) is 6.07 Å². The van der Waals surface area contributed by atoms with Crippen molar-refractivity contribution in [3.63, 3.8) is 0 Å². The van der Waals surface area contributed by atoms with Crippen LogP contribution in [0, 0.1) is 5.41 Å². The van der Waals surface area contributed by atoms with Crippen LogP contribution >= 0.6 is 0 Å². The number of nitrogens with two attached hydrogens (primary N) is 1. The number of methoxy groups -OCH3 is 1. The maximum Gasteiger partial charge on any atom is 0.225 e. The van der Waals surface area contributed by atoms with E-state index < -0.39 is 0 Å². The number of aromatic nitrogens is 2. The molecular formula is C19H29N5O2. The molecule has 142 valence electrons. The lowest BCUT2D eigenvalue weighted by Crippen LogP contribution is -2.56. The molecule has 1 spiro atoms. The van der Waals surface area contributed by atoms with Crippen molar-refractivity contribution < 1.29 is 9.53 Å². The van der Waals surface area contributed by atoms with E-state index in [9.17, 15) is 4.79 Å². The molecule has 2 saturated heterocycles. The molecule has 26 heavy (non-hydrogen) atoms. The number of carbonyl (C=O) groups is 1. The van der Waals surface area contributed by atoms with Crippen LogP contribution in [0.3, 0.4) is 0 Å². The van der Waals surface area contributed by atoms with Gasteiger partial charge >= 0.3 is 0 Å². The van der Waals surface area contributed by atoms with E-state index in [1.165, 1.54) is 32.1 Å². The lowest BCUT2D eigenvalue weighted by atomic mass is 9.73. The van der Waals surface area contributed by atoms with Crippen LogP contribution in [0.5, 0.6) is 5.88 Å². The van der Waals surface area contributed by atoms with E-state index in [4.69, 9.17) is 10.5 Å². The third-order valence-electron chi connectivity index (χ3n) is 6.36. The van der Waals surface area contributed by atoms with Crippen LogP contribution in [0.25, 0.3) is 0 Å². The third kappa shape index (κ3) is 3.31. The van der Waals surface area contributed by atoms with Crippen LogP contribution in [-0.2, 0) is 4.79 Å². The summed E-state index contributed by atoms with van der Waals surface area (Å²) in [5.74, 6) is 1.93. The van der Waals surface area contributed by atoms with Crippen molar-refractivity contribution in [3.8, 4) is 5.88 Å². The maximum absolute atomic E-state index is 12.5. The smallest absolute Gasteiger partial charge is 0.225 e. The first-order valence-corrected chi connectivity index (χ1v) is 9.82. The first-order valence-electron chi connectivity index (χ1n) is 9.82. The molecule has 1 aromatic rings. The Morgan fingerprint density at radius 1 is 1.19 bits per heavy atom. The van der Waals surface area contributed by atoms with Crippen LogP contribution in [-0.4, -0.2) is 53.6 Å². The minimum absolute atomic E-state index is 0.168. The molecular weight excluding hydrogens is 330 g/mol. The average Bonchev–Trinajstić information content (AvgIpc) is 3.18. The summed E-state index contributed by atoms with van der Waals surface area (Å²) in [5.41, 5.74) is 6.02. The molecule has 1 aromatic heterocycles. The first-order chi connectivity index (χ1) is 12.6. The van der Waals surface area contributed by atoms with Gasteiger partial charge in [0.2, 0.25) is 17.7 Å². The summed E-state index contributed by atoms with van der Waals surface area (Å²) in [6, 6.07) is 2.32. The minimum Gasteiger partial charge on any atom is -0.481 e. The number of hydrogen-bond acceptors (Lipinski definition) is 6. The molecule has 3 heterocycles. The van der Waals surface area contributed by atoms with Gasteiger partial charge in [0.25, 0.3) is 0 Å². The van der Waals surface area contributed by atoms with E-state index in [2.05, 4.69) is 19.8 Å².